The third-order valence-corrected chi connectivity index (χ3v) is 4.83. The highest BCUT2D eigenvalue weighted by molar-refractivity contribution is 6.31. The van der Waals surface area contributed by atoms with Crippen LogP contribution < -0.4 is 4.90 Å². The molecule has 1 fully saturated rings. The third kappa shape index (κ3) is 4.14. The van der Waals surface area contributed by atoms with Gasteiger partial charge in [-0.3, -0.25) is 0 Å². The fourth-order valence-corrected chi connectivity index (χ4v) is 3.64. The van der Waals surface area contributed by atoms with E-state index in [9.17, 15) is 9.90 Å². The minimum absolute atomic E-state index is 0.0720. The van der Waals surface area contributed by atoms with Gasteiger partial charge in [0.2, 0.25) is 6.35 Å². The van der Waals surface area contributed by atoms with Crippen molar-refractivity contribution in [2.75, 3.05) is 32.1 Å². The highest BCUT2D eigenvalue weighted by atomic mass is 35.5. The van der Waals surface area contributed by atoms with Gasteiger partial charge in [-0.2, -0.15) is 0 Å². The zero-order valence-electron chi connectivity index (χ0n) is 16.4. The van der Waals surface area contributed by atoms with Crippen molar-refractivity contribution in [3.8, 4) is 0 Å². The Balaban J connectivity index is 1.86. The minimum Gasteiger partial charge on any atom is -0.444 e. The molecule has 0 aromatic heterocycles. The number of fused-ring (bicyclic) bond motifs is 1. The average Bonchev–Trinajstić information content (AvgIpc) is 3.01. The number of benzene rings is 1. The van der Waals surface area contributed by atoms with Crippen molar-refractivity contribution in [3.05, 3.63) is 28.8 Å². The van der Waals surface area contributed by atoms with E-state index in [0.717, 1.165) is 17.7 Å². The van der Waals surface area contributed by atoms with Crippen LogP contribution in [-0.4, -0.2) is 72.0 Å². The first-order chi connectivity index (χ1) is 12.6. The van der Waals surface area contributed by atoms with E-state index in [1.54, 1.807) is 4.90 Å². The molecule has 0 aliphatic carbocycles. The van der Waals surface area contributed by atoms with Crippen molar-refractivity contribution in [2.45, 2.75) is 45.2 Å². The maximum atomic E-state index is 12.4. The number of aliphatic imine (C=N–C) groups is 1. The molecule has 0 radical (unpaired) electrons. The predicted molar refractivity (Wildman–Crippen MR) is 106 cm³/mol. The number of anilines is 1. The lowest BCUT2D eigenvalue weighted by molar-refractivity contribution is 0.0289. The Kier molecular flexibility index (Phi) is 5.27. The number of hydrogen-bond acceptors (Lipinski definition) is 6. The molecule has 2 atom stereocenters. The molecule has 7 nitrogen and oxygen atoms in total. The van der Waals surface area contributed by atoms with Crippen LogP contribution in [0.1, 0.15) is 32.8 Å². The molecule has 1 amide bonds. The van der Waals surface area contributed by atoms with E-state index in [4.69, 9.17) is 16.3 Å². The van der Waals surface area contributed by atoms with Gasteiger partial charge in [0.05, 0.1) is 11.7 Å². The van der Waals surface area contributed by atoms with E-state index < -0.39 is 12.0 Å². The third-order valence-electron chi connectivity index (χ3n) is 4.60. The smallest absolute Gasteiger partial charge is 0.410 e. The SMILES string of the molecule is CN(C)C1=NC(O)N(C2CCN(C(=O)OC(C)(C)C)C2)c2cc(Cl)ccc21. The summed E-state index contributed by atoms with van der Waals surface area (Å²) in [7, 11) is 3.78. The fourth-order valence-electron chi connectivity index (χ4n) is 3.48. The molecule has 1 aromatic carbocycles. The molecule has 0 saturated carbocycles. The first-order valence-electron chi connectivity index (χ1n) is 9.06. The standard InChI is InChI=1S/C19H27ClN4O3/c1-19(2,3)27-18(26)23-9-8-13(11-23)24-15-10-12(20)6-7-14(15)16(22(4)5)21-17(24)25/h6-7,10,13,17,25H,8-9,11H2,1-5H3. The van der Waals surface area contributed by atoms with E-state index in [1.807, 2.05) is 62.9 Å². The van der Waals surface area contributed by atoms with Crippen LogP contribution in [0.3, 0.4) is 0 Å². The number of rotatable bonds is 1. The van der Waals surface area contributed by atoms with E-state index >= 15 is 0 Å². The van der Waals surface area contributed by atoms with Gasteiger partial charge in [0, 0.05) is 37.8 Å². The Bertz CT molecular complexity index is 760. The summed E-state index contributed by atoms with van der Waals surface area (Å²) in [6.07, 6.45) is -0.646. The second kappa shape index (κ2) is 7.20. The molecular weight excluding hydrogens is 368 g/mol. The molecule has 3 rings (SSSR count). The van der Waals surface area contributed by atoms with Crippen molar-refractivity contribution in [2.24, 2.45) is 4.99 Å². The lowest BCUT2D eigenvalue weighted by atomic mass is 10.1. The van der Waals surface area contributed by atoms with Gasteiger partial charge < -0.3 is 24.5 Å². The van der Waals surface area contributed by atoms with Crippen LogP contribution in [0.15, 0.2) is 23.2 Å². The van der Waals surface area contributed by atoms with E-state index in [1.165, 1.54) is 0 Å². The topological polar surface area (TPSA) is 68.6 Å². The van der Waals surface area contributed by atoms with Crippen LogP contribution in [0, 0.1) is 0 Å². The second-order valence-electron chi connectivity index (χ2n) is 8.13. The number of aliphatic hydroxyl groups excluding tert-OH is 1. The number of likely N-dealkylation sites (tertiary alicyclic amines) is 1. The molecule has 1 aromatic rings. The normalized spacial score (nSPS) is 22.4. The number of hydrogen-bond donors (Lipinski definition) is 1. The maximum absolute atomic E-state index is 12.4. The number of carbonyl (C=O) groups is 1. The van der Waals surface area contributed by atoms with Crippen molar-refractivity contribution in [3.63, 3.8) is 0 Å². The fraction of sp³-hybridized carbons (Fsp3) is 0.579. The van der Waals surface area contributed by atoms with Gasteiger partial charge in [0.25, 0.3) is 0 Å². The molecule has 148 valence electrons. The van der Waals surface area contributed by atoms with E-state index in [-0.39, 0.29) is 12.1 Å². The zero-order valence-corrected chi connectivity index (χ0v) is 17.2. The summed E-state index contributed by atoms with van der Waals surface area (Å²) in [6, 6.07) is 5.50. The van der Waals surface area contributed by atoms with Crippen LogP contribution in [0.2, 0.25) is 5.02 Å². The number of nitrogens with zero attached hydrogens (tertiary/aromatic N) is 4. The van der Waals surface area contributed by atoms with E-state index in [2.05, 4.69) is 4.99 Å². The van der Waals surface area contributed by atoms with Gasteiger partial charge in [-0.05, 0) is 45.4 Å². The molecule has 2 aliphatic rings. The molecule has 1 saturated heterocycles. The van der Waals surface area contributed by atoms with Crippen molar-refractivity contribution in [1.82, 2.24) is 9.80 Å². The van der Waals surface area contributed by atoms with E-state index in [0.29, 0.717) is 23.9 Å². The Morgan fingerprint density at radius 3 is 2.70 bits per heavy atom. The Hall–Kier alpha value is -1.99. The number of amidine groups is 1. The van der Waals surface area contributed by atoms with Crippen molar-refractivity contribution >= 4 is 29.2 Å². The minimum atomic E-state index is -1.03. The summed E-state index contributed by atoms with van der Waals surface area (Å²) >= 11 is 6.23. The quantitative estimate of drug-likeness (QED) is 0.793. The molecular formula is C19H27ClN4O3. The van der Waals surface area contributed by atoms with Crippen LogP contribution in [-0.2, 0) is 4.74 Å². The summed E-state index contributed by atoms with van der Waals surface area (Å²) in [4.78, 5) is 22.2. The molecule has 2 aliphatic heterocycles. The molecule has 27 heavy (non-hydrogen) atoms. The summed E-state index contributed by atoms with van der Waals surface area (Å²) < 4.78 is 5.47. The van der Waals surface area contributed by atoms with Crippen LogP contribution in [0.4, 0.5) is 10.5 Å². The molecule has 0 bridgehead atoms. The largest absolute Gasteiger partial charge is 0.444 e. The molecule has 0 spiro atoms. The lowest BCUT2D eigenvalue weighted by Gasteiger charge is -2.39. The zero-order chi connectivity index (χ0) is 19.9. The van der Waals surface area contributed by atoms with Crippen molar-refractivity contribution < 1.29 is 14.6 Å². The molecule has 8 heteroatoms. The second-order valence-corrected chi connectivity index (χ2v) is 8.57. The number of amides is 1. The Labute approximate surface area is 165 Å². The van der Waals surface area contributed by atoms with Gasteiger partial charge in [0.1, 0.15) is 11.4 Å². The number of halogens is 1. The summed E-state index contributed by atoms with van der Waals surface area (Å²) in [6.45, 7) is 6.58. The highest BCUT2D eigenvalue weighted by Gasteiger charge is 2.38. The monoisotopic (exact) mass is 394 g/mol. The van der Waals surface area contributed by atoms with Crippen LogP contribution in [0.25, 0.3) is 0 Å². The van der Waals surface area contributed by atoms with Crippen LogP contribution in [0.5, 0.6) is 0 Å². The Morgan fingerprint density at radius 1 is 1.37 bits per heavy atom. The molecule has 1 N–H and O–H groups in total. The van der Waals surface area contributed by atoms with Crippen LogP contribution >= 0.6 is 11.6 Å². The summed E-state index contributed by atoms with van der Waals surface area (Å²) in [5.74, 6) is 0.701. The number of carbonyl (C=O) groups excluding carboxylic acids is 1. The molecule has 2 unspecified atom stereocenters. The van der Waals surface area contributed by atoms with Gasteiger partial charge in [-0.15, -0.1) is 0 Å². The lowest BCUT2D eigenvalue weighted by Crippen LogP contribution is -2.49. The average molecular weight is 395 g/mol. The maximum Gasteiger partial charge on any atom is 0.410 e. The first kappa shape index (κ1) is 19.8. The number of aliphatic hydroxyl groups is 1. The van der Waals surface area contributed by atoms with Gasteiger partial charge in [0.15, 0.2) is 0 Å². The molecule has 2 heterocycles. The van der Waals surface area contributed by atoms with Gasteiger partial charge in [-0.1, -0.05) is 11.6 Å². The number of ether oxygens (including phenoxy) is 1. The highest BCUT2D eigenvalue weighted by Crippen LogP contribution is 2.35. The summed E-state index contributed by atoms with van der Waals surface area (Å²) in [5, 5.41) is 11.3. The Morgan fingerprint density at radius 2 is 2.07 bits per heavy atom. The first-order valence-corrected chi connectivity index (χ1v) is 9.44. The van der Waals surface area contributed by atoms with Gasteiger partial charge in [-0.25, -0.2) is 9.79 Å². The predicted octanol–water partition coefficient (Wildman–Crippen LogP) is 2.75. The summed E-state index contributed by atoms with van der Waals surface area (Å²) in [5.41, 5.74) is 1.19. The van der Waals surface area contributed by atoms with Gasteiger partial charge >= 0.3 is 6.09 Å². The van der Waals surface area contributed by atoms with Crippen molar-refractivity contribution in [1.29, 1.82) is 0 Å².